The highest BCUT2D eigenvalue weighted by molar-refractivity contribution is 8.00. The average molecular weight is 392 g/mol. The van der Waals surface area contributed by atoms with Gasteiger partial charge in [0, 0.05) is 50.6 Å². The summed E-state index contributed by atoms with van der Waals surface area (Å²) in [6.45, 7) is 7.02. The first-order chi connectivity index (χ1) is 13.2. The Hall–Kier alpha value is -1.40. The van der Waals surface area contributed by atoms with E-state index < -0.39 is 0 Å². The van der Waals surface area contributed by atoms with Crippen molar-refractivity contribution in [3.8, 4) is 5.75 Å². The van der Waals surface area contributed by atoms with E-state index in [1.807, 2.05) is 7.05 Å². The van der Waals surface area contributed by atoms with E-state index in [2.05, 4.69) is 58.2 Å². The standard InChI is InChI=1S/C21H33N3O2S/c1-4-27-21(10-13-26-14-11-21)16-23-20(22-2)24-12-9-18(15-24)17-5-7-19(25-3)8-6-17/h5-8,18H,4,9-16H2,1-3H3,(H,22,23). The fraction of sp³-hybridized carbons (Fsp3) is 0.667. The van der Waals surface area contributed by atoms with Crippen LogP contribution in [0.5, 0.6) is 5.75 Å². The number of benzene rings is 1. The summed E-state index contributed by atoms with van der Waals surface area (Å²) in [5.74, 6) is 3.65. The normalized spacial score (nSPS) is 22.7. The van der Waals surface area contributed by atoms with Gasteiger partial charge in [-0.05, 0) is 42.7 Å². The zero-order valence-electron chi connectivity index (χ0n) is 16.9. The molecule has 0 amide bonds. The fourth-order valence-corrected chi connectivity index (χ4v) is 5.34. The van der Waals surface area contributed by atoms with Gasteiger partial charge in [-0.2, -0.15) is 11.8 Å². The fourth-order valence-electron chi connectivity index (χ4n) is 4.09. The van der Waals surface area contributed by atoms with Crippen LogP contribution in [0.15, 0.2) is 29.3 Å². The van der Waals surface area contributed by atoms with Gasteiger partial charge in [0.1, 0.15) is 5.75 Å². The van der Waals surface area contributed by atoms with Gasteiger partial charge in [0.05, 0.1) is 7.11 Å². The minimum Gasteiger partial charge on any atom is -0.497 e. The van der Waals surface area contributed by atoms with Gasteiger partial charge in [-0.25, -0.2) is 0 Å². The summed E-state index contributed by atoms with van der Waals surface area (Å²) in [5.41, 5.74) is 1.39. The summed E-state index contributed by atoms with van der Waals surface area (Å²) in [4.78, 5) is 6.97. The smallest absolute Gasteiger partial charge is 0.193 e. The number of hydrogen-bond acceptors (Lipinski definition) is 4. The second kappa shape index (κ2) is 9.69. The maximum atomic E-state index is 5.59. The molecule has 0 saturated carbocycles. The third-order valence-electron chi connectivity index (χ3n) is 5.71. The molecule has 2 aliphatic rings. The number of methoxy groups -OCH3 is 1. The maximum Gasteiger partial charge on any atom is 0.193 e. The van der Waals surface area contributed by atoms with Crippen molar-refractivity contribution in [3.05, 3.63) is 29.8 Å². The minimum atomic E-state index is 0.276. The number of thioether (sulfide) groups is 1. The number of aliphatic imine (C=N–C) groups is 1. The van der Waals surface area contributed by atoms with Crippen LogP contribution in [0.3, 0.4) is 0 Å². The van der Waals surface area contributed by atoms with Crippen LogP contribution in [-0.2, 0) is 4.74 Å². The molecule has 2 saturated heterocycles. The summed E-state index contributed by atoms with van der Waals surface area (Å²) in [7, 11) is 3.61. The Morgan fingerprint density at radius 2 is 2.07 bits per heavy atom. The summed E-state index contributed by atoms with van der Waals surface area (Å²) < 4.78 is 11.1. The molecule has 1 N–H and O–H groups in total. The van der Waals surface area contributed by atoms with E-state index in [1.165, 1.54) is 5.56 Å². The van der Waals surface area contributed by atoms with Gasteiger partial charge in [-0.3, -0.25) is 4.99 Å². The highest BCUT2D eigenvalue weighted by Gasteiger charge is 2.34. The molecule has 1 atom stereocenters. The second-order valence-electron chi connectivity index (χ2n) is 7.33. The lowest BCUT2D eigenvalue weighted by Crippen LogP contribution is -2.48. The molecule has 3 rings (SSSR count). The molecule has 0 aliphatic carbocycles. The molecule has 0 aromatic heterocycles. The molecular formula is C21H33N3O2S. The van der Waals surface area contributed by atoms with Crippen molar-refractivity contribution in [1.82, 2.24) is 10.2 Å². The summed E-state index contributed by atoms with van der Waals surface area (Å²) in [6, 6.07) is 8.50. The lowest BCUT2D eigenvalue weighted by Gasteiger charge is -2.37. The Labute approximate surface area is 167 Å². The summed E-state index contributed by atoms with van der Waals surface area (Å²) in [5, 5.41) is 3.68. The predicted octanol–water partition coefficient (Wildman–Crippen LogP) is 3.36. The largest absolute Gasteiger partial charge is 0.497 e. The van der Waals surface area contributed by atoms with E-state index in [4.69, 9.17) is 9.47 Å². The lowest BCUT2D eigenvalue weighted by molar-refractivity contribution is 0.0780. The summed E-state index contributed by atoms with van der Waals surface area (Å²) >= 11 is 2.07. The van der Waals surface area contributed by atoms with Gasteiger partial charge in [0.2, 0.25) is 0 Å². The third-order valence-corrected chi connectivity index (χ3v) is 7.16. The quantitative estimate of drug-likeness (QED) is 0.595. The first kappa shape index (κ1) is 20.3. The topological polar surface area (TPSA) is 46.1 Å². The number of likely N-dealkylation sites (tertiary alicyclic amines) is 1. The molecule has 150 valence electrons. The molecule has 2 aliphatic heterocycles. The van der Waals surface area contributed by atoms with Crippen molar-refractivity contribution in [3.63, 3.8) is 0 Å². The Bertz CT molecular complexity index is 609. The molecule has 6 heteroatoms. The molecule has 2 heterocycles. The van der Waals surface area contributed by atoms with Crippen LogP contribution in [0, 0.1) is 0 Å². The van der Waals surface area contributed by atoms with E-state index in [0.29, 0.717) is 5.92 Å². The van der Waals surface area contributed by atoms with E-state index >= 15 is 0 Å². The Morgan fingerprint density at radius 3 is 2.70 bits per heavy atom. The van der Waals surface area contributed by atoms with Crippen molar-refractivity contribution in [1.29, 1.82) is 0 Å². The number of ether oxygens (including phenoxy) is 2. The minimum absolute atomic E-state index is 0.276. The zero-order valence-corrected chi connectivity index (χ0v) is 17.7. The van der Waals surface area contributed by atoms with E-state index in [1.54, 1.807) is 7.11 Å². The predicted molar refractivity (Wildman–Crippen MR) is 114 cm³/mol. The first-order valence-electron chi connectivity index (χ1n) is 10.0. The average Bonchev–Trinajstić information content (AvgIpc) is 3.19. The van der Waals surface area contributed by atoms with E-state index in [9.17, 15) is 0 Å². The van der Waals surface area contributed by atoms with Crippen LogP contribution >= 0.6 is 11.8 Å². The Kier molecular flexibility index (Phi) is 7.30. The van der Waals surface area contributed by atoms with Crippen LogP contribution in [-0.4, -0.2) is 68.4 Å². The second-order valence-corrected chi connectivity index (χ2v) is 9.07. The van der Waals surface area contributed by atoms with Gasteiger partial charge in [0.25, 0.3) is 0 Å². The van der Waals surface area contributed by atoms with Gasteiger partial charge in [-0.15, -0.1) is 0 Å². The number of rotatable bonds is 6. The van der Waals surface area contributed by atoms with Gasteiger partial charge < -0.3 is 19.7 Å². The summed E-state index contributed by atoms with van der Waals surface area (Å²) in [6.07, 6.45) is 3.39. The SMILES string of the molecule is CCSC1(CNC(=NC)N2CCC(c3ccc(OC)cc3)C2)CCOCC1. The highest BCUT2D eigenvalue weighted by atomic mass is 32.2. The van der Waals surface area contributed by atoms with Crippen molar-refractivity contribution in [2.45, 2.75) is 36.9 Å². The maximum absolute atomic E-state index is 5.59. The zero-order chi connectivity index (χ0) is 19.1. The van der Waals surface area contributed by atoms with E-state index in [-0.39, 0.29) is 4.75 Å². The number of nitrogens with zero attached hydrogens (tertiary/aromatic N) is 2. The molecule has 0 spiro atoms. The number of hydrogen-bond donors (Lipinski definition) is 1. The molecule has 2 fully saturated rings. The monoisotopic (exact) mass is 391 g/mol. The molecule has 1 aromatic carbocycles. The van der Waals surface area contributed by atoms with E-state index in [0.717, 1.165) is 69.6 Å². The van der Waals surface area contributed by atoms with Gasteiger partial charge in [0.15, 0.2) is 5.96 Å². The van der Waals surface area contributed by atoms with Gasteiger partial charge in [-0.1, -0.05) is 19.1 Å². The van der Waals surface area contributed by atoms with Crippen molar-refractivity contribution in [2.24, 2.45) is 4.99 Å². The highest BCUT2D eigenvalue weighted by Crippen LogP contribution is 2.35. The van der Waals surface area contributed by atoms with Crippen molar-refractivity contribution in [2.75, 3.05) is 52.8 Å². The van der Waals surface area contributed by atoms with Crippen LogP contribution in [0.4, 0.5) is 0 Å². The van der Waals surface area contributed by atoms with Gasteiger partial charge >= 0.3 is 0 Å². The number of guanidine groups is 1. The van der Waals surface area contributed by atoms with Crippen LogP contribution in [0.1, 0.15) is 37.7 Å². The Morgan fingerprint density at radius 1 is 1.33 bits per heavy atom. The van der Waals surface area contributed by atoms with Crippen LogP contribution in [0.25, 0.3) is 0 Å². The van der Waals surface area contributed by atoms with Crippen molar-refractivity contribution >= 4 is 17.7 Å². The molecule has 27 heavy (non-hydrogen) atoms. The molecule has 5 nitrogen and oxygen atoms in total. The molecular weight excluding hydrogens is 358 g/mol. The molecule has 0 bridgehead atoms. The van der Waals surface area contributed by atoms with Crippen LogP contribution < -0.4 is 10.1 Å². The molecule has 0 radical (unpaired) electrons. The van der Waals surface area contributed by atoms with Crippen molar-refractivity contribution < 1.29 is 9.47 Å². The number of nitrogens with one attached hydrogen (secondary N) is 1. The van der Waals surface area contributed by atoms with Crippen LogP contribution in [0.2, 0.25) is 0 Å². The molecule has 1 unspecified atom stereocenters. The third kappa shape index (κ3) is 5.11. The Balaban J connectivity index is 1.57. The first-order valence-corrected chi connectivity index (χ1v) is 11.0. The molecule has 1 aromatic rings. The lowest BCUT2D eigenvalue weighted by atomic mass is 9.98.